The summed E-state index contributed by atoms with van der Waals surface area (Å²) in [5, 5.41) is 5.38. The zero-order chi connectivity index (χ0) is 18.1. The molecule has 2 fully saturated rings. The van der Waals surface area contributed by atoms with E-state index in [0.717, 1.165) is 0 Å². The van der Waals surface area contributed by atoms with Crippen LogP contribution in [-0.2, 0) is 20.9 Å². The van der Waals surface area contributed by atoms with Crippen LogP contribution in [-0.4, -0.2) is 34.1 Å². The number of ether oxygens (including phenoxy) is 1. The van der Waals surface area contributed by atoms with Gasteiger partial charge in [0.05, 0.1) is 18.1 Å². The molecule has 2 aliphatic rings. The lowest BCUT2D eigenvalue weighted by Crippen LogP contribution is -2.40. The van der Waals surface area contributed by atoms with E-state index in [9.17, 15) is 14.4 Å². The Hall–Kier alpha value is -2.22. The van der Waals surface area contributed by atoms with Crippen LogP contribution in [0.25, 0.3) is 10.2 Å². The molecule has 2 saturated carbocycles. The normalized spacial score (nSPS) is 16.8. The van der Waals surface area contributed by atoms with Gasteiger partial charge in [-0.05, 0) is 49.0 Å². The van der Waals surface area contributed by atoms with Crippen LogP contribution in [0.15, 0.2) is 22.6 Å². The zero-order valence-corrected chi connectivity index (χ0v) is 15.2. The number of carbonyl (C=O) groups is 2. The zero-order valence-electron chi connectivity index (χ0n) is 14.3. The minimum absolute atomic E-state index is 0.0270. The number of esters is 1. The Morgan fingerprint density at radius 3 is 2.73 bits per heavy atom. The largest absolute Gasteiger partial charge is 0.456 e. The second-order valence-electron chi connectivity index (χ2n) is 7.06. The van der Waals surface area contributed by atoms with E-state index >= 15 is 0 Å². The molecular formula is C18H21N3O4S. The molecule has 1 amide bonds. The molecule has 0 atom stereocenters. The van der Waals surface area contributed by atoms with Crippen molar-refractivity contribution in [2.45, 2.75) is 44.7 Å². The summed E-state index contributed by atoms with van der Waals surface area (Å²) >= 11 is 1.40. The van der Waals surface area contributed by atoms with Gasteiger partial charge in [0.1, 0.15) is 4.83 Å². The molecule has 0 radical (unpaired) electrons. The molecule has 0 bridgehead atoms. The summed E-state index contributed by atoms with van der Waals surface area (Å²) in [6.45, 7) is -0.0731. The average molecular weight is 375 g/mol. The van der Waals surface area contributed by atoms with Gasteiger partial charge in [-0.25, -0.2) is 4.98 Å². The van der Waals surface area contributed by atoms with Crippen molar-refractivity contribution in [2.24, 2.45) is 11.8 Å². The van der Waals surface area contributed by atoms with E-state index < -0.39 is 5.97 Å². The summed E-state index contributed by atoms with van der Waals surface area (Å²) in [4.78, 5) is 41.0. The minimum Gasteiger partial charge on any atom is -0.456 e. The highest BCUT2D eigenvalue weighted by Gasteiger charge is 2.42. The molecule has 2 aromatic heterocycles. The SMILES string of the molecule is O=C(COC(=O)CCn1cnc2sccc2c1=O)NC(C1CC1)C1CC1. The van der Waals surface area contributed by atoms with Crippen molar-refractivity contribution >= 4 is 33.4 Å². The summed E-state index contributed by atoms with van der Waals surface area (Å²) < 4.78 is 6.45. The van der Waals surface area contributed by atoms with E-state index in [4.69, 9.17) is 4.74 Å². The van der Waals surface area contributed by atoms with Gasteiger partial charge < -0.3 is 10.1 Å². The number of rotatable bonds is 8. The van der Waals surface area contributed by atoms with Gasteiger partial charge in [-0.3, -0.25) is 19.0 Å². The van der Waals surface area contributed by atoms with Crippen LogP contribution in [0.3, 0.4) is 0 Å². The Morgan fingerprint density at radius 2 is 2.04 bits per heavy atom. The summed E-state index contributed by atoms with van der Waals surface area (Å²) in [6, 6.07) is 1.98. The van der Waals surface area contributed by atoms with Crippen molar-refractivity contribution in [3.63, 3.8) is 0 Å². The first-order valence-corrected chi connectivity index (χ1v) is 9.87. The predicted molar refractivity (Wildman–Crippen MR) is 96.8 cm³/mol. The molecule has 0 spiro atoms. The molecule has 0 aliphatic heterocycles. The van der Waals surface area contributed by atoms with E-state index in [2.05, 4.69) is 10.3 Å². The van der Waals surface area contributed by atoms with Gasteiger partial charge in [0.15, 0.2) is 6.61 Å². The number of aryl methyl sites for hydroxylation is 1. The Kier molecular flexibility index (Phi) is 4.76. The predicted octanol–water partition coefficient (Wildman–Crippen LogP) is 1.70. The van der Waals surface area contributed by atoms with E-state index in [-0.39, 0.29) is 37.1 Å². The number of aromatic nitrogens is 2. The number of nitrogens with zero attached hydrogens (tertiary/aromatic N) is 2. The third-order valence-corrected chi connectivity index (χ3v) is 5.78. The van der Waals surface area contributed by atoms with Crippen LogP contribution in [0.1, 0.15) is 32.1 Å². The number of amides is 1. The molecule has 4 rings (SSSR count). The first-order valence-electron chi connectivity index (χ1n) is 8.99. The van der Waals surface area contributed by atoms with Gasteiger partial charge >= 0.3 is 5.97 Å². The summed E-state index contributed by atoms with van der Waals surface area (Å²) in [5.74, 6) is 0.481. The molecule has 1 N–H and O–H groups in total. The van der Waals surface area contributed by atoms with Gasteiger partial charge in [0, 0.05) is 12.6 Å². The van der Waals surface area contributed by atoms with Crippen LogP contribution in [0.2, 0.25) is 0 Å². The van der Waals surface area contributed by atoms with Crippen molar-refractivity contribution in [2.75, 3.05) is 6.61 Å². The summed E-state index contributed by atoms with van der Waals surface area (Å²) in [7, 11) is 0. The molecule has 0 aromatic carbocycles. The first-order chi connectivity index (χ1) is 12.6. The van der Waals surface area contributed by atoms with E-state index in [1.165, 1.54) is 47.9 Å². The molecule has 2 aliphatic carbocycles. The molecule has 2 aromatic rings. The summed E-state index contributed by atoms with van der Waals surface area (Å²) in [6.07, 6.45) is 6.18. The maximum atomic E-state index is 12.2. The Bertz CT molecular complexity index is 870. The van der Waals surface area contributed by atoms with Gasteiger partial charge in [-0.1, -0.05) is 0 Å². The molecular weight excluding hydrogens is 354 g/mol. The number of fused-ring (bicyclic) bond motifs is 1. The fourth-order valence-electron chi connectivity index (χ4n) is 3.24. The lowest BCUT2D eigenvalue weighted by molar-refractivity contribution is -0.149. The Balaban J connectivity index is 1.24. The maximum Gasteiger partial charge on any atom is 0.308 e. The molecule has 0 saturated heterocycles. The second-order valence-corrected chi connectivity index (χ2v) is 7.96. The molecule has 8 heteroatoms. The lowest BCUT2D eigenvalue weighted by atomic mass is 10.1. The van der Waals surface area contributed by atoms with Crippen LogP contribution in [0.5, 0.6) is 0 Å². The summed E-state index contributed by atoms with van der Waals surface area (Å²) in [5.41, 5.74) is -0.168. The molecule has 138 valence electrons. The van der Waals surface area contributed by atoms with Crippen LogP contribution in [0, 0.1) is 11.8 Å². The van der Waals surface area contributed by atoms with E-state index in [1.54, 1.807) is 6.07 Å². The average Bonchev–Trinajstić information content (AvgIpc) is 3.56. The minimum atomic E-state index is -0.494. The van der Waals surface area contributed by atoms with Crippen molar-refractivity contribution in [3.05, 3.63) is 28.1 Å². The Labute approximate surface area is 154 Å². The maximum absolute atomic E-state index is 12.2. The van der Waals surface area contributed by atoms with Crippen molar-refractivity contribution in [3.8, 4) is 0 Å². The van der Waals surface area contributed by atoms with Gasteiger partial charge in [-0.2, -0.15) is 0 Å². The van der Waals surface area contributed by atoms with Gasteiger partial charge in [0.2, 0.25) is 0 Å². The number of thiophene rings is 1. The highest BCUT2D eigenvalue weighted by atomic mass is 32.1. The van der Waals surface area contributed by atoms with Crippen molar-refractivity contribution < 1.29 is 14.3 Å². The van der Waals surface area contributed by atoms with Crippen molar-refractivity contribution in [1.29, 1.82) is 0 Å². The number of carbonyl (C=O) groups excluding carboxylic acids is 2. The first kappa shape index (κ1) is 17.2. The van der Waals surface area contributed by atoms with Crippen LogP contribution < -0.4 is 10.9 Å². The Morgan fingerprint density at radius 1 is 1.31 bits per heavy atom. The fourth-order valence-corrected chi connectivity index (χ4v) is 3.96. The number of nitrogens with one attached hydrogen (secondary N) is 1. The molecule has 26 heavy (non-hydrogen) atoms. The quantitative estimate of drug-likeness (QED) is 0.709. The van der Waals surface area contributed by atoms with Crippen LogP contribution >= 0.6 is 11.3 Å². The third-order valence-electron chi connectivity index (χ3n) is 4.96. The molecule has 2 heterocycles. The number of hydrogen-bond donors (Lipinski definition) is 1. The smallest absolute Gasteiger partial charge is 0.308 e. The highest BCUT2D eigenvalue weighted by molar-refractivity contribution is 7.16. The third kappa shape index (κ3) is 3.95. The topological polar surface area (TPSA) is 90.3 Å². The van der Waals surface area contributed by atoms with Crippen molar-refractivity contribution in [1.82, 2.24) is 14.9 Å². The molecule has 0 unspecified atom stereocenters. The standard InChI is InChI=1S/C18H21N3O4S/c22-14(20-16(11-1-2-11)12-3-4-12)9-25-15(23)5-7-21-10-19-17-13(18(21)24)6-8-26-17/h6,8,10-12,16H,1-5,7,9H2,(H,20,22). The fraction of sp³-hybridized carbons (Fsp3) is 0.556. The van der Waals surface area contributed by atoms with Gasteiger partial charge in [0.25, 0.3) is 11.5 Å². The lowest BCUT2D eigenvalue weighted by Gasteiger charge is -2.17. The van der Waals surface area contributed by atoms with E-state index in [0.29, 0.717) is 22.1 Å². The monoisotopic (exact) mass is 375 g/mol. The number of hydrogen-bond acceptors (Lipinski definition) is 6. The second kappa shape index (κ2) is 7.19. The van der Waals surface area contributed by atoms with Gasteiger partial charge in [-0.15, -0.1) is 11.3 Å². The molecule has 7 nitrogen and oxygen atoms in total. The van der Waals surface area contributed by atoms with E-state index in [1.807, 2.05) is 5.38 Å². The highest BCUT2D eigenvalue weighted by Crippen LogP contribution is 2.44. The van der Waals surface area contributed by atoms with Crippen LogP contribution in [0.4, 0.5) is 0 Å².